The highest BCUT2D eigenvalue weighted by Gasteiger charge is 1.98. The summed E-state index contributed by atoms with van der Waals surface area (Å²) in [6, 6.07) is 3.46. The van der Waals surface area contributed by atoms with E-state index in [1.807, 2.05) is 7.85 Å². The predicted molar refractivity (Wildman–Crippen MR) is 41.9 cm³/mol. The lowest BCUT2D eigenvalue weighted by Crippen LogP contribution is -1.96. The van der Waals surface area contributed by atoms with Crippen molar-refractivity contribution in [2.75, 3.05) is 0 Å². The molecule has 0 N–H and O–H groups in total. The van der Waals surface area contributed by atoms with Gasteiger partial charge in [0.1, 0.15) is 7.85 Å². The summed E-state index contributed by atoms with van der Waals surface area (Å²) in [5.41, 5.74) is 0.748. The number of hydrogen-bond donors (Lipinski definition) is 0. The van der Waals surface area contributed by atoms with Gasteiger partial charge < -0.3 is 0 Å². The number of Topliss-reactive ketones (excluding diaryl/α,β-unsaturated/α-hetero) is 1. The molecule has 0 aliphatic rings. The van der Waals surface area contributed by atoms with Gasteiger partial charge >= 0.3 is 0 Å². The van der Waals surface area contributed by atoms with Crippen molar-refractivity contribution in [3.8, 4) is 0 Å². The average Bonchev–Trinajstić information content (AvgIpc) is 2.05. The highest BCUT2D eigenvalue weighted by molar-refractivity contribution is 6.23. The molecule has 0 spiro atoms. The molecule has 0 atom stereocenters. The molecular formula is C7H8BNO. The zero-order valence-corrected chi connectivity index (χ0v) is 5.87. The number of hydrogen-bond acceptors (Lipinski definition) is 2. The van der Waals surface area contributed by atoms with Crippen molar-refractivity contribution in [3.05, 3.63) is 30.1 Å². The van der Waals surface area contributed by atoms with Crippen LogP contribution in [0, 0.1) is 0 Å². The highest BCUT2D eigenvalue weighted by atomic mass is 16.1. The van der Waals surface area contributed by atoms with Crippen LogP contribution in [0.2, 0.25) is 6.32 Å². The van der Waals surface area contributed by atoms with Gasteiger partial charge in [0.05, 0.1) is 0 Å². The topological polar surface area (TPSA) is 30.0 Å². The minimum Gasteiger partial charge on any atom is -0.295 e. The Kier molecular flexibility index (Phi) is 2.21. The zero-order valence-electron chi connectivity index (χ0n) is 5.87. The standard InChI is InChI=1S/C7H8BNO/c8-5-7(10)6-1-3-9-4-2-6/h1-4H,5,8H2. The second-order valence-corrected chi connectivity index (χ2v) is 2.01. The number of rotatable bonds is 2. The summed E-state index contributed by atoms with van der Waals surface area (Å²) in [4.78, 5) is 14.8. The van der Waals surface area contributed by atoms with Gasteiger partial charge in [-0.05, 0) is 18.5 Å². The Morgan fingerprint density at radius 2 is 2.10 bits per heavy atom. The molecule has 0 fully saturated rings. The molecule has 0 aromatic carbocycles. The molecule has 0 aliphatic heterocycles. The number of pyridine rings is 1. The fourth-order valence-electron chi connectivity index (χ4n) is 0.742. The molecule has 50 valence electrons. The summed E-state index contributed by atoms with van der Waals surface area (Å²) in [5, 5.41) is 0. The Balaban J connectivity index is 2.85. The molecular weight excluding hydrogens is 125 g/mol. The maximum Gasteiger partial charge on any atom is 0.155 e. The summed E-state index contributed by atoms with van der Waals surface area (Å²) in [6.45, 7) is 0. The molecule has 0 radical (unpaired) electrons. The molecule has 0 bridgehead atoms. The highest BCUT2D eigenvalue weighted by Crippen LogP contribution is 1.98. The van der Waals surface area contributed by atoms with Crippen LogP contribution in [0.3, 0.4) is 0 Å². The van der Waals surface area contributed by atoms with Crippen molar-refractivity contribution in [3.63, 3.8) is 0 Å². The number of nitrogens with zero attached hydrogens (tertiary/aromatic N) is 1. The van der Waals surface area contributed by atoms with Crippen LogP contribution in [0.4, 0.5) is 0 Å². The first-order valence-electron chi connectivity index (χ1n) is 3.28. The first-order valence-corrected chi connectivity index (χ1v) is 3.28. The molecule has 3 heteroatoms. The van der Waals surface area contributed by atoms with Gasteiger partial charge in [0.25, 0.3) is 0 Å². The lowest BCUT2D eigenvalue weighted by atomic mass is 9.97. The van der Waals surface area contributed by atoms with Crippen molar-refractivity contribution in [2.45, 2.75) is 6.32 Å². The van der Waals surface area contributed by atoms with E-state index in [-0.39, 0.29) is 5.78 Å². The van der Waals surface area contributed by atoms with Gasteiger partial charge in [-0.15, -0.1) is 0 Å². The molecule has 1 aromatic heterocycles. The number of carbonyl (C=O) groups is 1. The van der Waals surface area contributed by atoms with Gasteiger partial charge in [-0.3, -0.25) is 9.78 Å². The Hall–Kier alpha value is -1.12. The van der Waals surface area contributed by atoms with Gasteiger partial charge in [0.15, 0.2) is 5.78 Å². The Morgan fingerprint density at radius 3 is 2.60 bits per heavy atom. The third-order valence-electron chi connectivity index (χ3n) is 1.32. The Bertz CT molecular complexity index is 222. The van der Waals surface area contributed by atoms with Gasteiger partial charge in [-0.2, -0.15) is 0 Å². The van der Waals surface area contributed by atoms with Gasteiger partial charge in [-0.1, -0.05) is 0 Å². The van der Waals surface area contributed by atoms with Crippen LogP contribution in [0.1, 0.15) is 10.4 Å². The lowest BCUT2D eigenvalue weighted by Gasteiger charge is -1.93. The van der Waals surface area contributed by atoms with Crippen molar-refractivity contribution in [2.24, 2.45) is 0 Å². The molecule has 2 nitrogen and oxygen atoms in total. The van der Waals surface area contributed by atoms with E-state index >= 15 is 0 Å². The predicted octanol–water partition coefficient (Wildman–Crippen LogP) is 0.316. The molecule has 0 saturated carbocycles. The van der Waals surface area contributed by atoms with Gasteiger partial charge in [0, 0.05) is 18.0 Å². The van der Waals surface area contributed by atoms with E-state index in [1.165, 1.54) is 0 Å². The van der Waals surface area contributed by atoms with Crippen molar-refractivity contribution in [1.29, 1.82) is 0 Å². The van der Waals surface area contributed by atoms with Crippen LogP contribution in [0.5, 0.6) is 0 Å². The van der Waals surface area contributed by atoms with Crippen LogP contribution < -0.4 is 0 Å². The molecule has 0 aliphatic carbocycles. The molecule has 1 heterocycles. The minimum absolute atomic E-state index is 0.169. The number of ketones is 1. The fraction of sp³-hybridized carbons (Fsp3) is 0.143. The third-order valence-corrected chi connectivity index (χ3v) is 1.32. The SMILES string of the molecule is BCC(=O)c1ccncc1. The second kappa shape index (κ2) is 3.15. The van der Waals surface area contributed by atoms with Crippen molar-refractivity contribution in [1.82, 2.24) is 4.98 Å². The van der Waals surface area contributed by atoms with Crippen molar-refractivity contribution < 1.29 is 4.79 Å². The van der Waals surface area contributed by atoms with Gasteiger partial charge in [-0.25, -0.2) is 0 Å². The van der Waals surface area contributed by atoms with E-state index in [0.717, 1.165) is 5.56 Å². The van der Waals surface area contributed by atoms with E-state index in [9.17, 15) is 4.79 Å². The van der Waals surface area contributed by atoms with Crippen LogP contribution >= 0.6 is 0 Å². The smallest absolute Gasteiger partial charge is 0.155 e. The van der Waals surface area contributed by atoms with Crippen LogP contribution in [0.25, 0.3) is 0 Å². The van der Waals surface area contributed by atoms with Gasteiger partial charge in [0.2, 0.25) is 0 Å². The average molecular weight is 133 g/mol. The lowest BCUT2D eigenvalue weighted by molar-refractivity contribution is 0.101. The van der Waals surface area contributed by atoms with Crippen LogP contribution in [-0.2, 0) is 0 Å². The number of aromatic nitrogens is 1. The molecule has 10 heavy (non-hydrogen) atoms. The summed E-state index contributed by atoms with van der Waals surface area (Å²) >= 11 is 0. The number of carbonyl (C=O) groups excluding carboxylic acids is 1. The largest absolute Gasteiger partial charge is 0.295 e. The quantitative estimate of drug-likeness (QED) is 0.429. The van der Waals surface area contributed by atoms with E-state index in [0.29, 0.717) is 6.32 Å². The molecule has 1 rings (SSSR count). The normalized spacial score (nSPS) is 9.20. The van der Waals surface area contributed by atoms with E-state index in [1.54, 1.807) is 24.5 Å². The van der Waals surface area contributed by atoms with Crippen LogP contribution in [-0.4, -0.2) is 18.6 Å². The van der Waals surface area contributed by atoms with E-state index in [4.69, 9.17) is 0 Å². The molecule has 1 aromatic rings. The maximum atomic E-state index is 11.0. The van der Waals surface area contributed by atoms with Crippen LogP contribution in [0.15, 0.2) is 24.5 Å². The first kappa shape index (κ1) is 7.00. The zero-order chi connectivity index (χ0) is 7.40. The Labute approximate surface area is 60.7 Å². The first-order chi connectivity index (χ1) is 4.84. The van der Waals surface area contributed by atoms with E-state index in [2.05, 4.69) is 4.98 Å². The Morgan fingerprint density at radius 1 is 1.50 bits per heavy atom. The third kappa shape index (κ3) is 1.44. The molecule has 0 unspecified atom stereocenters. The summed E-state index contributed by atoms with van der Waals surface area (Å²) in [5.74, 6) is 0.169. The fourth-order valence-corrected chi connectivity index (χ4v) is 0.742. The van der Waals surface area contributed by atoms with Crippen molar-refractivity contribution >= 4 is 13.6 Å². The summed E-state index contributed by atoms with van der Waals surface area (Å²) in [6.07, 6.45) is 3.82. The monoisotopic (exact) mass is 133 g/mol. The molecule has 0 amide bonds. The summed E-state index contributed by atoms with van der Waals surface area (Å²) < 4.78 is 0. The second-order valence-electron chi connectivity index (χ2n) is 2.01. The molecule has 0 saturated heterocycles. The minimum atomic E-state index is 0.169. The maximum absolute atomic E-state index is 11.0. The summed E-state index contributed by atoms with van der Waals surface area (Å²) in [7, 11) is 1.85. The van der Waals surface area contributed by atoms with E-state index < -0.39 is 0 Å².